The number of benzene rings is 1. The van der Waals surface area contributed by atoms with Crippen LogP contribution in [-0.4, -0.2) is 17.3 Å². The van der Waals surface area contributed by atoms with E-state index in [0.717, 1.165) is 18.5 Å². The Morgan fingerprint density at radius 3 is 2.50 bits per heavy atom. The van der Waals surface area contributed by atoms with Crippen molar-refractivity contribution in [3.63, 3.8) is 0 Å². The summed E-state index contributed by atoms with van der Waals surface area (Å²) in [4.78, 5) is 13.6. The smallest absolute Gasteiger partial charge is 0.237 e. The molecule has 0 aliphatic heterocycles. The van der Waals surface area contributed by atoms with Crippen molar-refractivity contribution >= 4 is 27.5 Å². The molecule has 0 saturated heterocycles. The average molecular weight is 254 g/mol. The van der Waals surface area contributed by atoms with Gasteiger partial charge < -0.3 is 4.90 Å². The van der Waals surface area contributed by atoms with Crippen molar-refractivity contribution in [2.24, 2.45) is 0 Å². The van der Waals surface area contributed by atoms with Crippen LogP contribution < -0.4 is 4.90 Å². The molecule has 0 aromatic heterocycles. The van der Waals surface area contributed by atoms with Gasteiger partial charge >= 0.3 is 0 Å². The van der Waals surface area contributed by atoms with Crippen LogP contribution in [0.15, 0.2) is 30.3 Å². The monoisotopic (exact) mass is 253 g/mol. The minimum atomic E-state index is 0.152. The average Bonchev–Trinajstić information content (AvgIpc) is 3.04. The van der Waals surface area contributed by atoms with E-state index in [-0.39, 0.29) is 5.91 Å². The minimum Gasteiger partial charge on any atom is -0.309 e. The fraction of sp³-hybridized carbons (Fsp3) is 0.364. The zero-order valence-electron chi connectivity index (χ0n) is 7.82. The van der Waals surface area contributed by atoms with Crippen LogP contribution in [0.5, 0.6) is 0 Å². The van der Waals surface area contributed by atoms with E-state index in [1.54, 1.807) is 0 Å². The number of anilines is 1. The maximum absolute atomic E-state index is 11.7. The van der Waals surface area contributed by atoms with Gasteiger partial charge in [0.1, 0.15) is 0 Å². The Morgan fingerprint density at radius 1 is 1.36 bits per heavy atom. The lowest BCUT2D eigenvalue weighted by Crippen LogP contribution is -2.33. The number of rotatable bonds is 3. The molecule has 1 saturated carbocycles. The SMILES string of the molecule is O=C(CBr)N(c1ccccc1)C1CC1. The normalized spacial score (nSPS) is 15.2. The van der Waals surface area contributed by atoms with Gasteiger partial charge in [-0.25, -0.2) is 0 Å². The molecule has 0 bridgehead atoms. The maximum Gasteiger partial charge on any atom is 0.237 e. The van der Waals surface area contributed by atoms with E-state index in [1.165, 1.54) is 0 Å². The number of hydrogen-bond acceptors (Lipinski definition) is 1. The Labute approximate surface area is 92.0 Å². The Balaban J connectivity index is 2.22. The molecule has 2 rings (SSSR count). The van der Waals surface area contributed by atoms with Gasteiger partial charge in [0.05, 0.1) is 5.33 Å². The fourth-order valence-corrected chi connectivity index (χ4v) is 1.81. The van der Waals surface area contributed by atoms with Gasteiger partial charge in [0.25, 0.3) is 0 Å². The molecule has 1 aliphatic rings. The van der Waals surface area contributed by atoms with Crippen molar-refractivity contribution < 1.29 is 4.79 Å². The highest BCUT2D eigenvalue weighted by Gasteiger charge is 2.32. The first-order valence-corrected chi connectivity index (χ1v) is 5.88. The van der Waals surface area contributed by atoms with E-state index >= 15 is 0 Å². The number of amides is 1. The molecular formula is C11H12BrNO. The van der Waals surface area contributed by atoms with Crippen molar-refractivity contribution in [1.29, 1.82) is 0 Å². The first-order valence-electron chi connectivity index (χ1n) is 4.76. The fourth-order valence-electron chi connectivity index (χ4n) is 1.54. The summed E-state index contributed by atoms with van der Waals surface area (Å²) < 4.78 is 0. The predicted molar refractivity (Wildman–Crippen MR) is 60.7 cm³/mol. The van der Waals surface area contributed by atoms with Crippen LogP contribution in [0.2, 0.25) is 0 Å². The Morgan fingerprint density at radius 2 is 2.00 bits per heavy atom. The highest BCUT2D eigenvalue weighted by molar-refractivity contribution is 9.09. The second-order valence-corrected chi connectivity index (χ2v) is 4.02. The molecule has 1 aromatic carbocycles. The van der Waals surface area contributed by atoms with Gasteiger partial charge in [0.2, 0.25) is 5.91 Å². The third-order valence-electron chi connectivity index (χ3n) is 2.33. The Bertz CT molecular complexity index is 321. The lowest BCUT2D eigenvalue weighted by molar-refractivity contribution is -0.116. The van der Waals surface area contributed by atoms with E-state index in [9.17, 15) is 4.79 Å². The van der Waals surface area contributed by atoms with Crippen molar-refractivity contribution in [3.8, 4) is 0 Å². The summed E-state index contributed by atoms with van der Waals surface area (Å²) >= 11 is 3.22. The molecule has 1 aromatic rings. The molecule has 0 N–H and O–H groups in total. The van der Waals surface area contributed by atoms with E-state index in [1.807, 2.05) is 35.2 Å². The van der Waals surface area contributed by atoms with E-state index in [0.29, 0.717) is 11.4 Å². The number of halogens is 1. The molecule has 0 heterocycles. The summed E-state index contributed by atoms with van der Waals surface area (Å²) in [6, 6.07) is 10.3. The first kappa shape index (κ1) is 9.71. The van der Waals surface area contributed by atoms with Crippen molar-refractivity contribution in [1.82, 2.24) is 0 Å². The highest BCUT2D eigenvalue weighted by atomic mass is 79.9. The largest absolute Gasteiger partial charge is 0.309 e. The number of carbonyl (C=O) groups excluding carboxylic acids is 1. The molecule has 1 aliphatic carbocycles. The van der Waals surface area contributed by atoms with Gasteiger partial charge in [-0.1, -0.05) is 34.1 Å². The van der Waals surface area contributed by atoms with Gasteiger partial charge in [-0.05, 0) is 25.0 Å². The van der Waals surface area contributed by atoms with Crippen LogP contribution in [0.25, 0.3) is 0 Å². The van der Waals surface area contributed by atoms with Gasteiger partial charge in [0, 0.05) is 11.7 Å². The number of alkyl halides is 1. The number of para-hydroxylation sites is 1. The number of nitrogens with zero attached hydrogens (tertiary/aromatic N) is 1. The second kappa shape index (κ2) is 4.13. The minimum absolute atomic E-state index is 0.152. The van der Waals surface area contributed by atoms with E-state index < -0.39 is 0 Å². The van der Waals surface area contributed by atoms with Crippen LogP contribution >= 0.6 is 15.9 Å². The molecule has 14 heavy (non-hydrogen) atoms. The number of carbonyl (C=O) groups is 1. The second-order valence-electron chi connectivity index (χ2n) is 3.46. The molecule has 0 unspecified atom stereocenters. The van der Waals surface area contributed by atoms with Crippen molar-refractivity contribution in [2.75, 3.05) is 10.2 Å². The number of hydrogen-bond donors (Lipinski definition) is 0. The predicted octanol–water partition coefficient (Wildman–Crippen LogP) is 2.58. The topological polar surface area (TPSA) is 20.3 Å². The van der Waals surface area contributed by atoms with Crippen molar-refractivity contribution in [3.05, 3.63) is 30.3 Å². The van der Waals surface area contributed by atoms with Gasteiger partial charge in [-0.3, -0.25) is 4.79 Å². The van der Waals surface area contributed by atoms with Crippen LogP contribution in [-0.2, 0) is 4.79 Å². The lowest BCUT2D eigenvalue weighted by Gasteiger charge is -2.21. The zero-order chi connectivity index (χ0) is 9.97. The molecule has 0 atom stereocenters. The summed E-state index contributed by atoms with van der Waals surface area (Å²) in [6.07, 6.45) is 2.27. The molecule has 0 spiro atoms. The highest BCUT2D eigenvalue weighted by Crippen LogP contribution is 2.31. The molecular weight excluding hydrogens is 242 g/mol. The standard InChI is InChI=1S/C11H12BrNO/c12-8-11(14)13(10-6-7-10)9-4-2-1-3-5-9/h1-5,10H,6-8H2. The molecule has 0 radical (unpaired) electrons. The van der Waals surface area contributed by atoms with Gasteiger partial charge in [-0.2, -0.15) is 0 Å². The summed E-state index contributed by atoms with van der Waals surface area (Å²) in [7, 11) is 0. The van der Waals surface area contributed by atoms with E-state index in [2.05, 4.69) is 15.9 Å². The summed E-state index contributed by atoms with van der Waals surface area (Å²) in [5, 5.41) is 0.401. The van der Waals surface area contributed by atoms with Crippen molar-refractivity contribution in [2.45, 2.75) is 18.9 Å². The molecule has 1 amide bonds. The Hall–Kier alpha value is -0.830. The Kier molecular flexibility index (Phi) is 2.87. The van der Waals surface area contributed by atoms with Gasteiger partial charge in [-0.15, -0.1) is 0 Å². The summed E-state index contributed by atoms with van der Waals surface area (Å²) in [6.45, 7) is 0. The third kappa shape index (κ3) is 1.98. The molecule has 3 heteroatoms. The molecule has 74 valence electrons. The quantitative estimate of drug-likeness (QED) is 0.759. The zero-order valence-corrected chi connectivity index (χ0v) is 9.40. The molecule has 2 nitrogen and oxygen atoms in total. The third-order valence-corrected chi connectivity index (χ3v) is 2.81. The molecule has 1 fully saturated rings. The lowest BCUT2D eigenvalue weighted by atomic mass is 10.3. The first-order chi connectivity index (χ1) is 6.83. The van der Waals surface area contributed by atoms with Crippen LogP contribution in [0.1, 0.15) is 12.8 Å². The summed E-state index contributed by atoms with van der Waals surface area (Å²) in [5.41, 5.74) is 1.01. The van der Waals surface area contributed by atoms with E-state index in [4.69, 9.17) is 0 Å². The maximum atomic E-state index is 11.7. The van der Waals surface area contributed by atoms with Crippen LogP contribution in [0.3, 0.4) is 0 Å². The van der Waals surface area contributed by atoms with Gasteiger partial charge in [0.15, 0.2) is 0 Å². The van der Waals surface area contributed by atoms with Crippen LogP contribution in [0.4, 0.5) is 5.69 Å². The summed E-state index contributed by atoms with van der Waals surface area (Å²) in [5.74, 6) is 0.152. The van der Waals surface area contributed by atoms with Crippen LogP contribution in [0, 0.1) is 0 Å².